The maximum Gasteiger partial charge on any atom is 0.0369 e. The van der Waals surface area contributed by atoms with Crippen molar-refractivity contribution in [2.45, 2.75) is 40.2 Å². The van der Waals surface area contributed by atoms with Crippen LogP contribution in [-0.4, -0.2) is 25.2 Å². The molecule has 1 aromatic rings. The van der Waals surface area contributed by atoms with Gasteiger partial charge >= 0.3 is 0 Å². The van der Waals surface area contributed by atoms with E-state index in [9.17, 15) is 0 Å². The molecule has 1 fully saturated rings. The molecule has 100 valence electrons. The molecule has 0 amide bonds. The average Bonchev–Trinajstić information content (AvgIpc) is 2.36. The second kappa shape index (κ2) is 4.58. The number of hydrogen-bond donors (Lipinski definition) is 1. The fourth-order valence-electron chi connectivity index (χ4n) is 2.65. The molecule has 0 saturated carbocycles. The van der Waals surface area contributed by atoms with Gasteiger partial charge in [0.25, 0.3) is 0 Å². The number of rotatable bonds is 1. The lowest BCUT2D eigenvalue weighted by molar-refractivity contribution is 0.332. The van der Waals surface area contributed by atoms with Crippen molar-refractivity contribution in [1.82, 2.24) is 5.32 Å². The van der Waals surface area contributed by atoms with Crippen molar-refractivity contribution in [2.75, 3.05) is 24.5 Å². The van der Waals surface area contributed by atoms with Crippen LogP contribution >= 0.6 is 0 Å². The Morgan fingerprint density at radius 3 is 2.50 bits per heavy atom. The molecule has 0 atom stereocenters. The Hall–Kier alpha value is -1.02. The van der Waals surface area contributed by atoms with Gasteiger partial charge in [0.05, 0.1) is 0 Å². The quantitative estimate of drug-likeness (QED) is 0.818. The van der Waals surface area contributed by atoms with Crippen LogP contribution in [0.1, 0.15) is 33.3 Å². The number of anilines is 1. The maximum absolute atomic E-state index is 3.68. The summed E-state index contributed by atoms with van der Waals surface area (Å²) < 4.78 is 0. The fraction of sp³-hybridized carbons (Fsp3) is 0.625. The number of benzene rings is 1. The number of hydrogen-bond acceptors (Lipinski definition) is 2. The van der Waals surface area contributed by atoms with Gasteiger partial charge in [0.15, 0.2) is 0 Å². The molecule has 1 heterocycles. The first kappa shape index (κ1) is 13.4. The highest BCUT2D eigenvalue weighted by molar-refractivity contribution is 5.49. The summed E-state index contributed by atoms with van der Waals surface area (Å²) in [4.78, 5) is 2.52. The Bertz CT molecular complexity index is 403. The summed E-state index contributed by atoms with van der Waals surface area (Å²) in [5, 5.41) is 3.68. The molecule has 0 bridgehead atoms. The van der Waals surface area contributed by atoms with Gasteiger partial charge in [-0.15, -0.1) is 0 Å². The van der Waals surface area contributed by atoms with Crippen molar-refractivity contribution in [3.05, 3.63) is 29.8 Å². The predicted molar refractivity (Wildman–Crippen MR) is 79.3 cm³/mol. The monoisotopic (exact) mass is 246 g/mol. The Kier molecular flexibility index (Phi) is 3.41. The van der Waals surface area contributed by atoms with E-state index in [-0.39, 0.29) is 5.54 Å². The molecule has 18 heavy (non-hydrogen) atoms. The van der Waals surface area contributed by atoms with E-state index in [2.05, 4.69) is 69.1 Å². The SMILES string of the molecule is Cc1cccc(N2CC(C)(C)CNC(C)(C)C2)c1. The lowest BCUT2D eigenvalue weighted by Crippen LogP contribution is -2.46. The van der Waals surface area contributed by atoms with E-state index in [4.69, 9.17) is 0 Å². The largest absolute Gasteiger partial charge is 0.369 e. The standard InChI is InChI=1S/C16H26N2/c1-13-7-6-8-14(9-13)18-11-15(2,3)10-17-16(4,5)12-18/h6-9,17H,10-12H2,1-5H3. The van der Waals surface area contributed by atoms with Crippen LogP contribution in [0, 0.1) is 12.3 Å². The molecule has 2 nitrogen and oxygen atoms in total. The van der Waals surface area contributed by atoms with Crippen molar-refractivity contribution < 1.29 is 0 Å². The third-order valence-corrected chi connectivity index (χ3v) is 3.62. The zero-order valence-corrected chi connectivity index (χ0v) is 12.4. The minimum atomic E-state index is 0.164. The van der Waals surface area contributed by atoms with Crippen molar-refractivity contribution in [3.8, 4) is 0 Å². The van der Waals surface area contributed by atoms with Crippen LogP contribution in [0.5, 0.6) is 0 Å². The van der Waals surface area contributed by atoms with Crippen LogP contribution in [0.15, 0.2) is 24.3 Å². The summed E-state index contributed by atoms with van der Waals surface area (Å²) in [6.45, 7) is 14.6. The van der Waals surface area contributed by atoms with Crippen molar-refractivity contribution in [3.63, 3.8) is 0 Å². The first-order valence-corrected chi connectivity index (χ1v) is 6.84. The first-order valence-electron chi connectivity index (χ1n) is 6.84. The lowest BCUT2D eigenvalue weighted by atomic mass is 9.93. The summed E-state index contributed by atoms with van der Waals surface area (Å²) in [7, 11) is 0. The van der Waals surface area contributed by atoms with Crippen molar-refractivity contribution in [1.29, 1.82) is 0 Å². The number of aryl methyl sites for hydroxylation is 1. The number of nitrogens with zero attached hydrogens (tertiary/aromatic N) is 1. The Morgan fingerprint density at radius 1 is 1.11 bits per heavy atom. The summed E-state index contributed by atoms with van der Waals surface area (Å²) >= 11 is 0. The third-order valence-electron chi connectivity index (χ3n) is 3.62. The Labute approximate surface area is 111 Å². The molecule has 1 aliphatic heterocycles. The third kappa shape index (κ3) is 3.26. The minimum Gasteiger partial charge on any atom is -0.369 e. The second-order valence-corrected chi connectivity index (χ2v) is 7.10. The molecule has 0 aliphatic carbocycles. The highest BCUT2D eigenvalue weighted by Gasteiger charge is 2.32. The summed E-state index contributed by atoms with van der Waals surface area (Å²) in [6, 6.07) is 8.83. The predicted octanol–water partition coefficient (Wildman–Crippen LogP) is 3.21. The van der Waals surface area contributed by atoms with Crippen LogP contribution in [0.25, 0.3) is 0 Å². The van der Waals surface area contributed by atoms with Gasteiger partial charge in [-0.25, -0.2) is 0 Å². The van der Waals surface area contributed by atoms with Gasteiger partial charge in [-0.3, -0.25) is 0 Å². The molecule has 0 radical (unpaired) electrons. The van der Waals surface area contributed by atoms with E-state index in [1.54, 1.807) is 0 Å². The van der Waals surface area contributed by atoms with Gasteiger partial charge in [-0.1, -0.05) is 26.0 Å². The summed E-state index contributed by atoms with van der Waals surface area (Å²) in [5.41, 5.74) is 3.15. The van der Waals surface area contributed by atoms with E-state index in [1.165, 1.54) is 11.3 Å². The highest BCUT2D eigenvalue weighted by Crippen LogP contribution is 2.27. The molecular formula is C16H26N2. The lowest BCUT2D eigenvalue weighted by Gasteiger charge is -2.33. The molecule has 0 spiro atoms. The van der Waals surface area contributed by atoms with Gasteiger partial charge < -0.3 is 10.2 Å². The number of nitrogens with one attached hydrogen (secondary N) is 1. The summed E-state index contributed by atoms with van der Waals surface area (Å²) in [6.07, 6.45) is 0. The topological polar surface area (TPSA) is 15.3 Å². The van der Waals surface area contributed by atoms with Gasteiger partial charge in [0, 0.05) is 30.9 Å². The Morgan fingerprint density at radius 2 is 1.83 bits per heavy atom. The van der Waals surface area contributed by atoms with E-state index < -0.39 is 0 Å². The Balaban J connectivity index is 2.29. The van der Waals surface area contributed by atoms with E-state index in [1.807, 2.05) is 0 Å². The fourth-order valence-corrected chi connectivity index (χ4v) is 2.65. The van der Waals surface area contributed by atoms with E-state index >= 15 is 0 Å². The molecule has 1 saturated heterocycles. The van der Waals surface area contributed by atoms with Crippen LogP contribution in [0.3, 0.4) is 0 Å². The zero-order chi connectivity index (χ0) is 13.4. The van der Waals surface area contributed by atoms with Gasteiger partial charge in [-0.2, -0.15) is 0 Å². The van der Waals surface area contributed by atoms with Crippen molar-refractivity contribution >= 4 is 5.69 Å². The van der Waals surface area contributed by atoms with E-state index in [0.29, 0.717) is 5.41 Å². The first-order chi connectivity index (χ1) is 8.27. The van der Waals surface area contributed by atoms with Gasteiger partial charge in [0.1, 0.15) is 0 Å². The molecule has 1 aliphatic rings. The van der Waals surface area contributed by atoms with Crippen molar-refractivity contribution in [2.24, 2.45) is 5.41 Å². The highest BCUT2D eigenvalue weighted by atomic mass is 15.2. The van der Waals surface area contributed by atoms with Gasteiger partial charge in [-0.05, 0) is 43.9 Å². The normalized spacial score (nSPS) is 22.6. The van der Waals surface area contributed by atoms with Crippen LogP contribution < -0.4 is 10.2 Å². The smallest absolute Gasteiger partial charge is 0.0369 e. The van der Waals surface area contributed by atoms with Crippen LogP contribution in [0.2, 0.25) is 0 Å². The van der Waals surface area contributed by atoms with Gasteiger partial charge in [0.2, 0.25) is 0 Å². The molecule has 2 heteroatoms. The molecule has 1 aromatic carbocycles. The van der Waals surface area contributed by atoms with Crippen LogP contribution in [-0.2, 0) is 0 Å². The maximum atomic E-state index is 3.68. The minimum absolute atomic E-state index is 0.164. The average molecular weight is 246 g/mol. The molecule has 0 unspecified atom stereocenters. The molecule has 0 aromatic heterocycles. The molecular weight excluding hydrogens is 220 g/mol. The second-order valence-electron chi connectivity index (χ2n) is 7.10. The molecule has 2 rings (SSSR count). The van der Waals surface area contributed by atoms with Crippen LogP contribution in [0.4, 0.5) is 5.69 Å². The summed E-state index contributed by atoms with van der Waals surface area (Å²) in [5.74, 6) is 0. The zero-order valence-electron chi connectivity index (χ0n) is 12.4. The molecule has 1 N–H and O–H groups in total. The van der Waals surface area contributed by atoms with E-state index in [0.717, 1.165) is 19.6 Å².